The maximum Gasteiger partial charge on any atom is 0.165 e. The molecule has 3 aromatic rings. The van der Waals surface area contributed by atoms with Crippen molar-refractivity contribution in [1.29, 1.82) is 0 Å². The number of aromatic nitrogens is 4. The van der Waals surface area contributed by atoms with E-state index in [0.29, 0.717) is 18.5 Å². The smallest absolute Gasteiger partial charge is 0.165 e. The third-order valence-electron chi connectivity index (χ3n) is 5.18. The molecule has 3 aromatic heterocycles. The highest BCUT2D eigenvalue weighted by molar-refractivity contribution is 5.01. The molecule has 0 unspecified atom stereocenters. The van der Waals surface area contributed by atoms with Gasteiger partial charge < -0.3 is 8.83 Å². The summed E-state index contributed by atoms with van der Waals surface area (Å²) in [6.45, 7) is 9.71. The van der Waals surface area contributed by atoms with Crippen molar-refractivity contribution < 1.29 is 8.83 Å². The number of furan rings is 2. The van der Waals surface area contributed by atoms with Crippen LogP contribution in [0.25, 0.3) is 0 Å². The summed E-state index contributed by atoms with van der Waals surface area (Å²) in [4.78, 5) is 4.96. The molecule has 0 N–H and O–H groups in total. The minimum Gasteiger partial charge on any atom is -0.468 e. The molecule has 0 bridgehead atoms. The third-order valence-corrected chi connectivity index (χ3v) is 5.18. The molecule has 8 nitrogen and oxygen atoms in total. The zero-order valence-corrected chi connectivity index (χ0v) is 15.9. The minimum atomic E-state index is 0.447. The Hall–Kier alpha value is -2.45. The van der Waals surface area contributed by atoms with Crippen LogP contribution in [0.15, 0.2) is 45.6 Å². The lowest BCUT2D eigenvalue weighted by Gasteiger charge is -2.43. The first kappa shape index (κ1) is 17.9. The van der Waals surface area contributed by atoms with Crippen molar-refractivity contribution in [2.24, 2.45) is 5.92 Å². The molecule has 4 heterocycles. The number of nitrogens with zero attached hydrogens (tertiary/aromatic N) is 6. The molecule has 0 aromatic carbocycles. The second kappa shape index (κ2) is 8.06. The van der Waals surface area contributed by atoms with Crippen LogP contribution in [-0.4, -0.2) is 55.7 Å². The number of hydrogen-bond donors (Lipinski definition) is 0. The number of tetrazole rings is 1. The van der Waals surface area contributed by atoms with Crippen LogP contribution in [0.5, 0.6) is 0 Å². The summed E-state index contributed by atoms with van der Waals surface area (Å²) in [5, 5.41) is 12.3. The third kappa shape index (κ3) is 4.28. The van der Waals surface area contributed by atoms with Crippen LogP contribution >= 0.6 is 0 Å². The Morgan fingerprint density at radius 1 is 1.04 bits per heavy atom. The molecule has 144 valence electrons. The van der Waals surface area contributed by atoms with Crippen molar-refractivity contribution >= 4 is 0 Å². The van der Waals surface area contributed by atoms with Crippen LogP contribution in [-0.2, 0) is 19.6 Å². The molecular formula is C19H26N6O2. The molecule has 1 aliphatic heterocycles. The lowest BCUT2D eigenvalue weighted by atomic mass is 9.99. The molecule has 1 fully saturated rings. The molecule has 1 aliphatic rings. The van der Waals surface area contributed by atoms with Gasteiger partial charge in [0.05, 0.1) is 25.6 Å². The van der Waals surface area contributed by atoms with E-state index in [1.807, 2.05) is 28.9 Å². The van der Waals surface area contributed by atoms with E-state index < -0.39 is 0 Å². The summed E-state index contributed by atoms with van der Waals surface area (Å²) < 4.78 is 12.8. The van der Waals surface area contributed by atoms with Gasteiger partial charge in [0.1, 0.15) is 18.1 Å². The van der Waals surface area contributed by atoms with Crippen LogP contribution in [0, 0.1) is 5.92 Å². The van der Waals surface area contributed by atoms with Crippen molar-refractivity contribution in [3.8, 4) is 0 Å². The lowest BCUT2D eigenvalue weighted by Crippen LogP contribution is -2.54. The topological polar surface area (TPSA) is 76.4 Å². The molecule has 0 aliphatic carbocycles. The Morgan fingerprint density at radius 3 is 2.44 bits per heavy atom. The van der Waals surface area contributed by atoms with Gasteiger partial charge in [0.15, 0.2) is 5.82 Å². The van der Waals surface area contributed by atoms with Gasteiger partial charge in [-0.1, -0.05) is 13.8 Å². The Labute approximate surface area is 158 Å². The Bertz CT molecular complexity index is 811. The predicted octanol–water partition coefficient (Wildman–Crippen LogP) is 2.25. The van der Waals surface area contributed by atoms with Crippen LogP contribution in [0.2, 0.25) is 0 Å². The first-order valence-electron chi connectivity index (χ1n) is 9.45. The van der Waals surface area contributed by atoms with Gasteiger partial charge >= 0.3 is 0 Å². The first-order valence-corrected chi connectivity index (χ1v) is 9.45. The molecule has 0 spiro atoms. The van der Waals surface area contributed by atoms with E-state index in [4.69, 9.17) is 8.83 Å². The summed E-state index contributed by atoms with van der Waals surface area (Å²) in [6.07, 6.45) is 3.41. The second-order valence-corrected chi connectivity index (χ2v) is 7.43. The van der Waals surface area contributed by atoms with Crippen LogP contribution in [0.1, 0.15) is 31.2 Å². The average Bonchev–Trinajstić information content (AvgIpc) is 3.41. The maximum atomic E-state index is 5.52. The predicted molar refractivity (Wildman–Crippen MR) is 98.6 cm³/mol. The average molecular weight is 370 g/mol. The van der Waals surface area contributed by atoms with Gasteiger partial charge in [0.2, 0.25) is 0 Å². The van der Waals surface area contributed by atoms with Gasteiger partial charge in [-0.2, -0.15) is 0 Å². The number of hydrogen-bond acceptors (Lipinski definition) is 7. The molecule has 1 saturated heterocycles. The standard InChI is InChI=1S/C19H26N6O2/c1-15(2)18-13-23(11-16-5-3-9-26-16)7-8-24(18)14-19-20-21-22-25(19)12-17-6-4-10-27-17/h3-6,9-10,15,18H,7-8,11-14H2,1-2H3/t18-/m1/s1. The fraction of sp³-hybridized carbons (Fsp3) is 0.526. The van der Waals surface area contributed by atoms with Gasteiger partial charge in [-0.25, -0.2) is 4.68 Å². The normalized spacial score (nSPS) is 19.1. The number of piperazine rings is 1. The van der Waals surface area contributed by atoms with Crippen molar-refractivity contribution in [2.75, 3.05) is 19.6 Å². The zero-order valence-electron chi connectivity index (χ0n) is 15.9. The van der Waals surface area contributed by atoms with Crippen molar-refractivity contribution in [3.63, 3.8) is 0 Å². The minimum absolute atomic E-state index is 0.447. The highest BCUT2D eigenvalue weighted by Crippen LogP contribution is 2.21. The summed E-state index contributed by atoms with van der Waals surface area (Å²) >= 11 is 0. The highest BCUT2D eigenvalue weighted by Gasteiger charge is 2.30. The molecule has 0 amide bonds. The van der Waals surface area contributed by atoms with Crippen LogP contribution < -0.4 is 0 Å². The van der Waals surface area contributed by atoms with E-state index in [-0.39, 0.29) is 0 Å². The molecule has 0 saturated carbocycles. The van der Waals surface area contributed by atoms with Gasteiger partial charge in [0, 0.05) is 25.7 Å². The van der Waals surface area contributed by atoms with E-state index >= 15 is 0 Å². The Morgan fingerprint density at radius 2 is 1.78 bits per heavy atom. The van der Waals surface area contributed by atoms with Gasteiger partial charge in [-0.15, -0.1) is 5.10 Å². The lowest BCUT2D eigenvalue weighted by molar-refractivity contribution is 0.0348. The summed E-state index contributed by atoms with van der Waals surface area (Å²) in [5.74, 6) is 3.29. The highest BCUT2D eigenvalue weighted by atomic mass is 16.3. The van der Waals surface area contributed by atoms with Crippen molar-refractivity contribution in [1.82, 2.24) is 30.0 Å². The van der Waals surface area contributed by atoms with E-state index in [0.717, 1.165) is 50.1 Å². The van der Waals surface area contributed by atoms with E-state index in [2.05, 4.69) is 39.2 Å². The summed E-state index contributed by atoms with van der Waals surface area (Å²) in [7, 11) is 0. The Kier molecular flexibility index (Phi) is 5.35. The van der Waals surface area contributed by atoms with Crippen molar-refractivity contribution in [3.05, 3.63) is 54.1 Å². The molecule has 4 rings (SSSR count). The van der Waals surface area contributed by atoms with Gasteiger partial charge in [-0.3, -0.25) is 9.80 Å². The zero-order chi connectivity index (χ0) is 18.6. The summed E-state index contributed by atoms with van der Waals surface area (Å²) in [6, 6.07) is 8.26. The second-order valence-electron chi connectivity index (χ2n) is 7.43. The number of rotatable bonds is 7. The molecule has 8 heteroatoms. The molecule has 0 radical (unpaired) electrons. The monoisotopic (exact) mass is 370 g/mol. The quantitative estimate of drug-likeness (QED) is 0.631. The maximum absolute atomic E-state index is 5.52. The largest absolute Gasteiger partial charge is 0.468 e. The fourth-order valence-electron chi connectivity index (χ4n) is 3.69. The molecule has 27 heavy (non-hydrogen) atoms. The first-order chi connectivity index (χ1) is 13.2. The van der Waals surface area contributed by atoms with E-state index in [1.54, 1.807) is 12.5 Å². The van der Waals surface area contributed by atoms with Gasteiger partial charge in [0.25, 0.3) is 0 Å². The SMILES string of the molecule is CC(C)[C@H]1CN(Cc2ccco2)CCN1Cc1nnnn1Cc1ccco1. The van der Waals surface area contributed by atoms with E-state index in [9.17, 15) is 0 Å². The Balaban J connectivity index is 1.42. The van der Waals surface area contributed by atoms with E-state index in [1.165, 1.54) is 0 Å². The molecular weight excluding hydrogens is 344 g/mol. The van der Waals surface area contributed by atoms with Crippen LogP contribution in [0.3, 0.4) is 0 Å². The fourth-order valence-corrected chi connectivity index (χ4v) is 3.69. The van der Waals surface area contributed by atoms with Crippen LogP contribution in [0.4, 0.5) is 0 Å². The van der Waals surface area contributed by atoms with Gasteiger partial charge in [-0.05, 0) is 40.6 Å². The summed E-state index contributed by atoms with van der Waals surface area (Å²) in [5.41, 5.74) is 0. The van der Waals surface area contributed by atoms with Crippen molar-refractivity contribution in [2.45, 2.75) is 39.5 Å². The molecule has 1 atom stereocenters.